The fourth-order valence-electron chi connectivity index (χ4n) is 4.09. The van der Waals surface area contributed by atoms with E-state index in [1.54, 1.807) is 4.90 Å². The highest BCUT2D eigenvalue weighted by Crippen LogP contribution is 2.26. The van der Waals surface area contributed by atoms with Gasteiger partial charge in [0.25, 0.3) is 0 Å². The van der Waals surface area contributed by atoms with Gasteiger partial charge in [0.1, 0.15) is 0 Å². The smallest absolute Gasteiger partial charge is 0.303 e. The van der Waals surface area contributed by atoms with Crippen LogP contribution in [0.15, 0.2) is 24.3 Å². The maximum Gasteiger partial charge on any atom is 0.303 e. The molecule has 2 aliphatic rings. The molecule has 27 heavy (non-hydrogen) atoms. The Labute approximate surface area is 160 Å². The zero-order chi connectivity index (χ0) is 19.4. The molecule has 6 heteroatoms. The number of aliphatic carboxylic acids is 1. The molecule has 1 aromatic carbocycles. The molecule has 0 radical (unpaired) electrons. The molecule has 0 spiro atoms. The van der Waals surface area contributed by atoms with Crippen molar-refractivity contribution in [2.45, 2.75) is 45.6 Å². The van der Waals surface area contributed by atoms with Gasteiger partial charge in [0.15, 0.2) is 0 Å². The van der Waals surface area contributed by atoms with Crippen LogP contribution in [-0.2, 0) is 20.9 Å². The largest absolute Gasteiger partial charge is 0.481 e. The Kier molecular flexibility index (Phi) is 6.14. The van der Waals surface area contributed by atoms with Crippen LogP contribution < -0.4 is 0 Å². The molecule has 3 rings (SSSR count). The number of carbonyl (C=O) groups excluding carboxylic acids is 2. The van der Waals surface area contributed by atoms with Crippen molar-refractivity contribution in [3.63, 3.8) is 0 Å². The Balaban J connectivity index is 1.55. The van der Waals surface area contributed by atoms with Crippen molar-refractivity contribution >= 4 is 17.8 Å². The predicted octanol–water partition coefficient (Wildman–Crippen LogP) is 2.45. The summed E-state index contributed by atoms with van der Waals surface area (Å²) in [6.07, 6.45) is 2.92. The summed E-state index contributed by atoms with van der Waals surface area (Å²) in [5, 5.41) is 8.86. The van der Waals surface area contributed by atoms with E-state index in [1.165, 1.54) is 5.56 Å². The molecule has 0 saturated carbocycles. The van der Waals surface area contributed by atoms with E-state index in [1.807, 2.05) is 36.1 Å². The summed E-state index contributed by atoms with van der Waals surface area (Å²) in [6.45, 7) is 4.38. The Morgan fingerprint density at radius 3 is 2.63 bits per heavy atom. The predicted molar refractivity (Wildman–Crippen MR) is 101 cm³/mol. The van der Waals surface area contributed by atoms with Gasteiger partial charge in [-0.05, 0) is 37.7 Å². The van der Waals surface area contributed by atoms with Gasteiger partial charge in [-0.25, -0.2) is 0 Å². The maximum absolute atomic E-state index is 12.9. The monoisotopic (exact) mass is 372 g/mol. The molecule has 2 heterocycles. The van der Waals surface area contributed by atoms with E-state index in [2.05, 4.69) is 0 Å². The van der Waals surface area contributed by atoms with E-state index in [9.17, 15) is 14.4 Å². The quantitative estimate of drug-likeness (QED) is 0.832. The zero-order valence-corrected chi connectivity index (χ0v) is 15.9. The minimum atomic E-state index is -0.786. The standard InChI is InChI=1S/C21H28N2O4/c1-15-4-6-17(7-5-15)13-23-14-18(11-19(23)24)21(27)22-10-2-3-16(12-22)8-9-20(25)26/h4-7,16,18H,2-3,8-14H2,1H3,(H,25,26). The number of rotatable bonds is 6. The number of hydrogen-bond donors (Lipinski definition) is 1. The van der Waals surface area contributed by atoms with Crippen LogP contribution in [0.3, 0.4) is 0 Å². The number of likely N-dealkylation sites (tertiary alicyclic amines) is 2. The number of benzene rings is 1. The summed E-state index contributed by atoms with van der Waals surface area (Å²) in [6, 6.07) is 8.11. The second kappa shape index (κ2) is 8.55. The average molecular weight is 372 g/mol. The number of carboxylic acid groups (broad SMARTS) is 1. The first-order chi connectivity index (χ1) is 12.9. The van der Waals surface area contributed by atoms with Crippen molar-refractivity contribution in [1.29, 1.82) is 0 Å². The van der Waals surface area contributed by atoms with E-state index in [-0.39, 0.29) is 36.5 Å². The molecule has 1 N–H and O–H groups in total. The highest BCUT2D eigenvalue weighted by atomic mass is 16.4. The second-order valence-electron chi connectivity index (χ2n) is 7.89. The molecule has 0 aromatic heterocycles. The topological polar surface area (TPSA) is 77.9 Å². The van der Waals surface area contributed by atoms with Crippen LogP contribution in [-0.4, -0.2) is 52.3 Å². The first-order valence-electron chi connectivity index (χ1n) is 9.76. The van der Waals surface area contributed by atoms with Gasteiger partial charge in [-0.3, -0.25) is 14.4 Å². The van der Waals surface area contributed by atoms with E-state index in [0.29, 0.717) is 32.6 Å². The fourth-order valence-corrected chi connectivity index (χ4v) is 4.09. The van der Waals surface area contributed by atoms with E-state index in [0.717, 1.165) is 18.4 Å². The SMILES string of the molecule is Cc1ccc(CN2CC(C(=O)N3CCCC(CCC(=O)O)C3)CC2=O)cc1. The van der Waals surface area contributed by atoms with Crippen LogP contribution >= 0.6 is 0 Å². The number of amides is 2. The fraction of sp³-hybridized carbons (Fsp3) is 0.571. The third-order valence-corrected chi connectivity index (χ3v) is 5.65. The Hall–Kier alpha value is -2.37. The van der Waals surface area contributed by atoms with Crippen LogP contribution in [0.1, 0.15) is 43.2 Å². The molecule has 2 atom stereocenters. The minimum absolute atomic E-state index is 0.0355. The number of piperidine rings is 1. The summed E-state index contributed by atoms with van der Waals surface area (Å²) < 4.78 is 0. The Bertz CT molecular complexity index is 701. The van der Waals surface area contributed by atoms with Crippen molar-refractivity contribution in [2.75, 3.05) is 19.6 Å². The number of aryl methyl sites for hydroxylation is 1. The van der Waals surface area contributed by atoms with E-state index in [4.69, 9.17) is 5.11 Å². The number of hydrogen-bond acceptors (Lipinski definition) is 3. The second-order valence-corrected chi connectivity index (χ2v) is 7.89. The average Bonchev–Trinajstić information content (AvgIpc) is 3.02. The van der Waals surface area contributed by atoms with Gasteiger partial charge in [-0.15, -0.1) is 0 Å². The molecule has 0 aliphatic carbocycles. The van der Waals surface area contributed by atoms with Crippen LogP contribution in [0.4, 0.5) is 0 Å². The number of nitrogens with zero attached hydrogens (tertiary/aromatic N) is 2. The van der Waals surface area contributed by atoms with Gasteiger partial charge in [-0.1, -0.05) is 29.8 Å². The molecule has 1 aromatic rings. The molecule has 2 amide bonds. The first-order valence-corrected chi connectivity index (χ1v) is 9.76. The lowest BCUT2D eigenvalue weighted by molar-refractivity contribution is -0.138. The van der Waals surface area contributed by atoms with Crippen molar-refractivity contribution < 1.29 is 19.5 Å². The molecular weight excluding hydrogens is 344 g/mol. The third kappa shape index (κ3) is 5.08. The normalized spacial score (nSPS) is 22.9. The molecule has 6 nitrogen and oxygen atoms in total. The summed E-state index contributed by atoms with van der Waals surface area (Å²) in [7, 11) is 0. The number of carbonyl (C=O) groups is 3. The molecule has 2 unspecified atom stereocenters. The lowest BCUT2D eigenvalue weighted by Gasteiger charge is -2.34. The van der Waals surface area contributed by atoms with Gasteiger partial charge in [-0.2, -0.15) is 0 Å². The lowest BCUT2D eigenvalue weighted by Crippen LogP contribution is -2.43. The van der Waals surface area contributed by atoms with E-state index < -0.39 is 5.97 Å². The number of carboxylic acids is 1. The van der Waals surface area contributed by atoms with Crippen molar-refractivity contribution in [1.82, 2.24) is 9.80 Å². The Morgan fingerprint density at radius 1 is 1.19 bits per heavy atom. The van der Waals surface area contributed by atoms with E-state index >= 15 is 0 Å². The summed E-state index contributed by atoms with van der Waals surface area (Å²) in [4.78, 5) is 39.7. The molecule has 2 aliphatic heterocycles. The first kappa shape index (κ1) is 19.4. The van der Waals surface area contributed by atoms with Gasteiger partial charge in [0.05, 0.1) is 5.92 Å². The van der Waals surface area contributed by atoms with Gasteiger partial charge >= 0.3 is 5.97 Å². The van der Waals surface area contributed by atoms with Crippen LogP contribution in [0.2, 0.25) is 0 Å². The molecule has 0 bridgehead atoms. The lowest BCUT2D eigenvalue weighted by atomic mass is 9.92. The Morgan fingerprint density at radius 2 is 1.93 bits per heavy atom. The maximum atomic E-state index is 12.9. The van der Waals surface area contributed by atoms with Crippen molar-refractivity contribution in [3.05, 3.63) is 35.4 Å². The third-order valence-electron chi connectivity index (χ3n) is 5.65. The highest BCUT2D eigenvalue weighted by Gasteiger charge is 2.37. The van der Waals surface area contributed by atoms with Gasteiger partial charge < -0.3 is 14.9 Å². The van der Waals surface area contributed by atoms with Crippen molar-refractivity contribution in [2.24, 2.45) is 11.8 Å². The molecule has 146 valence electrons. The van der Waals surface area contributed by atoms with Gasteiger partial charge in [0.2, 0.25) is 11.8 Å². The summed E-state index contributed by atoms with van der Waals surface area (Å²) in [5.74, 6) is -0.726. The highest BCUT2D eigenvalue weighted by molar-refractivity contribution is 5.89. The zero-order valence-electron chi connectivity index (χ0n) is 15.9. The summed E-state index contributed by atoms with van der Waals surface area (Å²) in [5.41, 5.74) is 2.26. The molecular formula is C21H28N2O4. The molecule has 2 saturated heterocycles. The van der Waals surface area contributed by atoms with Gasteiger partial charge in [0, 0.05) is 39.0 Å². The van der Waals surface area contributed by atoms with Crippen molar-refractivity contribution in [3.8, 4) is 0 Å². The van der Waals surface area contributed by atoms with Crippen LogP contribution in [0.25, 0.3) is 0 Å². The summed E-state index contributed by atoms with van der Waals surface area (Å²) >= 11 is 0. The molecule has 2 fully saturated rings. The minimum Gasteiger partial charge on any atom is -0.481 e. The van der Waals surface area contributed by atoms with Crippen LogP contribution in [0, 0.1) is 18.8 Å². The van der Waals surface area contributed by atoms with Crippen LogP contribution in [0.5, 0.6) is 0 Å².